The average molecular weight is 639 g/mol. The van der Waals surface area contributed by atoms with Crippen molar-refractivity contribution in [3.05, 3.63) is 158 Å². The maximum Gasteiger partial charge on any atom is 0.238 e. The highest BCUT2D eigenvalue weighted by molar-refractivity contribution is 6.24. The number of hydrogen-bond donors (Lipinski definition) is 0. The lowest BCUT2D eigenvalue weighted by molar-refractivity contribution is 0.953. The highest BCUT2D eigenvalue weighted by Gasteiger charge is 2.23. The third-order valence-electron chi connectivity index (χ3n) is 9.99. The van der Waals surface area contributed by atoms with Crippen LogP contribution >= 0.6 is 0 Å². The molecule has 6 aromatic carbocycles. The summed E-state index contributed by atoms with van der Waals surface area (Å²) in [5.41, 5.74) is 9.37. The molecule has 5 aromatic heterocycles. The molecular weight excluding hydrogens is 613 g/mol. The van der Waals surface area contributed by atoms with Crippen molar-refractivity contribution < 1.29 is 0 Å². The smallest absolute Gasteiger partial charge is 0.238 e. The Balaban J connectivity index is 1.22. The molecule has 11 aromatic rings. The van der Waals surface area contributed by atoms with E-state index in [1.165, 1.54) is 21.7 Å². The maximum atomic E-state index is 5.29. The monoisotopic (exact) mass is 638 g/mol. The van der Waals surface area contributed by atoms with Crippen molar-refractivity contribution in [1.29, 1.82) is 0 Å². The number of nitrogens with zero attached hydrogens (tertiary/aromatic N) is 6. The Kier molecular flexibility index (Phi) is 5.57. The van der Waals surface area contributed by atoms with E-state index in [9.17, 15) is 0 Å². The van der Waals surface area contributed by atoms with E-state index in [-0.39, 0.29) is 0 Å². The van der Waals surface area contributed by atoms with Crippen LogP contribution in [0, 0.1) is 0 Å². The molecule has 0 radical (unpaired) electrons. The van der Waals surface area contributed by atoms with Crippen molar-refractivity contribution >= 4 is 60.0 Å². The number of hydrogen-bond acceptors (Lipinski definition) is 4. The molecular formula is C44H26N6. The number of aromatic nitrogens is 6. The maximum absolute atomic E-state index is 5.29. The summed E-state index contributed by atoms with van der Waals surface area (Å²) in [7, 11) is 0. The lowest BCUT2D eigenvalue weighted by Crippen LogP contribution is -2.06. The molecule has 0 aliphatic carbocycles. The number of rotatable bonds is 4. The van der Waals surface area contributed by atoms with Gasteiger partial charge < -0.3 is 0 Å². The first-order valence-corrected chi connectivity index (χ1v) is 16.8. The van der Waals surface area contributed by atoms with Crippen molar-refractivity contribution in [2.45, 2.75) is 0 Å². The minimum Gasteiger partial charge on any atom is -0.292 e. The summed E-state index contributed by atoms with van der Waals surface area (Å²) in [4.78, 5) is 20.5. The van der Waals surface area contributed by atoms with Gasteiger partial charge in [-0.1, -0.05) is 127 Å². The Morgan fingerprint density at radius 1 is 0.380 bits per heavy atom. The first-order chi connectivity index (χ1) is 24.8. The molecule has 0 spiro atoms. The molecule has 5 heterocycles. The zero-order valence-corrected chi connectivity index (χ0v) is 26.7. The van der Waals surface area contributed by atoms with Crippen molar-refractivity contribution in [3.8, 4) is 39.9 Å². The molecule has 0 saturated heterocycles. The molecule has 11 rings (SSSR count). The highest BCUT2D eigenvalue weighted by atomic mass is 15.2. The summed E-state index contributed by atoms with van der Waals surface area (Å²) in [5.74, 6) is 1.81. The first kappa shape index (κ1) is 27.1. The van der Waals surface area contributed by atoms with E-state index >= 15 is 0 Å². The Labute approximate surface area is 285 Å². The van der Waals surface area contributed by atoms with Crippen molar-refractivity contribution in [2.24, 2.45) is 0 Å². The fourth-order valence-electron chi connectivity index (χ4n) is 7.90. The van der Waals surface area contributed by atoms with Crippen LogP contribution in [0.25, 0.3) is 99.9 Å². The van der Waals surface area contributed by atoms with Crippen molar-refractivity contribution in [3.63, 3.8) is 0 Å². The van der Waals surface area contributed by atoms with Gasteiger partial charge in [0.25, 0.3) is 0 Å². The van der Waals surface area contributed by atoms with E-state index in [4.69, 9.17) is 19.9 Å². The molecule has 0 bridgehead atoms. The molecule has 0 saturated carbocycles. The fourth-order valence-corrected chi connectivity index (χ4v) is 7.90. The second kappa shape index (κ2) is 10.3. The predicted molar refractivity (Wildman–Crippen MR) is 203 cm³/mol. The Hall–Kier alpha value is -6.92. The number of fused-ring (bicyclic) bond motifs is 9. The van der Waals surface area contributed by atoms with Crippen LogP contribution in [-0.2, 0) is 0 Å². The number of benzene rings is 6. The fraction of sp³-hybridized carbons (Fsp3) is 0. The molecule has 6 nitrogen and oxygen atoms in total. The van der Waals surface area contributed by atoms with Crippen LogP contribution in [-0.4, -0.2) is 28.9 Å². The standard InChI is InChI=1S/C44H26N6/c1-2-13-27(14-3-1)41-46-42(48-44(47-41)49-37-24-8-6-16-29(37)30-17-7-9-25-38(30)49)35-18-5-4-15-28(35)31-19-10-20-32-33-21-11-22-34-36-23-12-26-45-43(36)50(39(31)32)40(33)34/h1-26H. The minimum atomic E-state index is 0.578. The van der Waals surface area contributed by atoms with Gasteiger partial charge >= 0.3 is 0 Å². The molecule has 0 unspecified atom stereocenters. The van der Waals surface area contributed by atoms with Gasteiger partial charge in [0.2, 0.25) is 5.95 Å². The van der Waals surface area contributed by atoms with Gasteiger partial charge in [-0.05, 0) is 29.8 Å². The molecule has 6 heteroatoms. The van der Waals surface area contributed by atoms with Gasteiger partial charge in [0.05, 0.1) is 22.1 Å². The normalized spacial score (nSPS) is 12.0. The van der Waals surface area contributed by atoms with Gasteiger partial charge in [0.15, 0.2) is 11.6 Å². The molecule has 0 aliphatic heterocycles. The topological polar surface area (TPSA) is 60.9 Å². The Bertz CT molecular complexity index is 3050. The van der Waals surface area contributed by atoms with E-state index in [2.05, 4.69) is 136 Å². The summed E-state index contributed by atoms with van der Waals surface area (Å²) in [6.07, 6.45) is 1.88. The van der Waals surface area contributed by atoms with Crippen LogP contribution in [0.4, 0.5) is 0 Å². The number of pyridine rings is 1. The SMILES string of the molecule is c1ccc(-c2nc(-c3ccccc3-c3cccc4c5cccc6c7cccnc7n(c34)c65)nc(-n3c4ccccc4c4ccccc43)n2)cc1. The third-order valence-corrected chi connectivity index (χ3v) is 9.99. The largest absolute Gasteiger partial charge is 0.292 e. The lowest BCUT2D eigenvalue weighted by atomic mass is 9.96. The van der Waals surface area contributed by atoms with Crippen molar-refractivity contribution in [2.75, 3.05) is 0 Å². The van der Waals surface area contributed by atoms with Gasteiger partial charge in [0, 0.05) is 55.2 Å². The van der Waals surface area contributed by atoms with Gasteiger partial charge in [-0.2, -0.15) is 9.97 Å². The second-order valence-electron chi connectivity index (χ2n) is 12.7. The summed E-state index contributed by atoms with van der Waals surface area (Å²) < 4.78 is 4.50. The molecule has 0 aliphatic rings. The van der Waals surface area contributed by atoms with Gasteiger partial charge in [0.1, 0.15) is 5.65 Å². The van der Waals surface area contributed by atoms with E-state index in [1.54, 1.807) is 0 Å². The van der Waals surface area contributed by atoms with Gasteiger partial charge in [-0.15, -0.1) is 0 Å². The quantitative estimate of drug-likeness (QED) is 0.192. The molecule has 232 valence electrons. The highest BCUT2D eigenvalue weighted by Crippen LogP contribution is 2.43. The first-order valence-electron chi connectivity index (χ1n) is 16.8. The van der Waals surface area contributed by atoms with E-state index in [0.29, 0.717) is 17.6 Å². The van der Waals surface area contributed by atoms with Gasteiger partial charge in [-0.25, -0.2) is 9.97 Å². The third kappa shape index (κ3) is 3.73. The van der Waals surface area contributed by atoms with E-state index < -0.39 is 0 Å². The Morgan fingerprint density at radius 3 is 1.72 bits per heavy atom. The van der Waals surface area contributed by atoms with E-state index in [1.807, 2.05) is 30.5 Å². The summed E-state index contributed by atoms with van der Waals surface area (Å²) in [6.45, 7) is 0. The van der Waals surface area contributed by atoms with Crippen LogP contribution < -0.4 is 0 Å². The number of para-hydroxylation sites is 4. The zero-order valence-electron chi connectivity index (χ0n) is 26.7. The average Bonchev–Trinajstić information content (AvgIpc) is 3.83. The summed E-state index contributed by atoms with van der Waals surface area (Å²) >= 11 is 0. The molecule has 50 heavy (non-hydrogen) atoms. The predicted octanol–water partition coefficient (Wildman–Crippen LogP) is 10.5. The van der Waals surface area contributed by atoms with Crippen LogP contribution in [0.15, 0.2) is 158 Å². The molecule has 0 amide bonds. The summed E-state index contributed by atoms with van der Waals surface area (Å²) in [6, 6.07) is 52.8. The van der Waals surface area contributed by atoms with E-state index in [0.717, 1.165) is 60.6 Å². The minimum absolute atomic E-state index is 0.578. The molecule has 0 atom stereocenters. The molecule has 0 fully saturated rings. The van der Waals surface area contributed by atoms with Gasteiger partial charge in [-0.3, -0.25) is 8.97 Å². The zero-order chi connectivity index (χ0) is 32.8. The Morgan fingerprint density at radius 2 is 0.940 bits per heavy atom. The van der Waals surface area contributed by atoms with Crippen LogP contribution in [0.5, 0.6) is 0 Å². The summed E-state index contributed by atoms with van der Waals surface area (Å²) in [5, 5.41) is 7.09. The van der Waals surface area contributed by atoms with Crippen LogP contribution in [0.3, 0.4) is 0 Å². The second-order valence-corrected chi connectivity index (χ2v) is 12.7. The van der Waals surface area contributed by atoms with Crippen LogP contribution in [0.2, 0.25) is 0 Å². The van der Waals surface area contributed by atoms with Crippen molar-refractivity contribution in [1.82, 2.24) is 28.9 Å². The van der Waals surface area contributed by atoms with Crippen LogP contribution in [0.1, 0.15) is 0 Å². The lowest BCUT2D eigenvalue weighted by Gasteiger charge is -2.14. The molecule has 0 N–H and O–H groups in total.